The van der Waals surface area contributed by atoms with Crippen LogP contribution < -0.4 is 0 Å². The first-order chi connectivity index (χ1) is 8.43. The van der Waals surface area contributed by atoms with Crippen molar-refractivity contribution in [2.75, 3.05) is 18.5 Å². The van der Waals surface area contributed by atoms with Crippen molar-refractivity contribution in [2.45, 2.75) is 70.5 Å². The normalized spacial score (nSPS) is 20.6. The van der Waals surface area contributed by atoms with E-state index in [0.29, 0.717) is 0 Å². The third-order valence-corrected chi connectivity index (χ3v) is 3.78. The Labute approximate surface area is 115 Å². The molecule has 2 nitrogen and oxygen atoms in total. The van der Waals surface area contributed by atoms with Crippen LogP contribution in [-0.4, -0.2) is 24.8 Å². The topological polar surface area (TPSA) is 18.5 Å². The van der Waals surface area contributed by atoms with Gasteiger partial charge in [0.25, 0.3) is 0 Å². The highest BCUT2D eigenvalue weighted by atomic mass is 79.9. The minimum Gasteiger partial charge on any atom is -0.353 e. The van der Waals surface area contributed by atoms with Crippen LogP contribution in [0.3, 0.4) is 0 Å². The lowest BCUT2D eigenvalue weighted by molar-refractivity contribution is -0.162. The Kier molecular flexibility index (Phi) is 10.4. The first kappa shape index (κ1) is 15.5. The summed E-state index contributed by atoms with van der Waals surface area (Å²) >= 11 is 3.46. The molecule has 1 aliphatic rings. The van der Waals surface area contributed by atoms with Crippen molar-refractivity contribution >= 4 is 15.9 Å². The smallest absolute Gasteiger partial charge is 0.157 e. The SMILES string of the molecule is BrCCCCCCCCCO[C@H]1CCCCO1. The number of rotatable bonds is 10. The van der Waals surface area contributed by atoms with Crippen molar-refractivity contribution < 1.29 is 9.47 Å². The fourth-order valence-electron chi connectivity index (χ4n) is 2.14. The predicted octanol–water partition coefficient (Wildman–Crippen LogP) is 4.66. The summed E-state index contributed by atoms with van der Waals surface area (Å²) in [6.45, 7) is 1.77. The number of hydrogen-bond donors (Lipinski definition) is 0. The number of alkyl halides is 1. The Balaban J connectivity index is 1.75. The number of ether oxygens (including phenoxy) is 2. The first-order valence-corrected chi connectivity index (χ1v) is 8.35. The van der Waals surface area contributed by atoms with Gasteiger partial charge in [-0.15, -0.1) is 0 Å². The van der Waals surface area contributed by atoms with E-state index in [2.05, 4.69) is 15.9 Å². The van der Waals surface area contributed by atoms with Crippen LogP contribution >= 0.6 is 15.9 Å². The molecule has 0 saturated carbocycles. The summed E-state index contributed by atoms with van der Waals surface area (Å²) in [5, 5.41) is 1.15. The van der Waals surface area contributed by atoms with Crippen molar-refractivity contribution in [1.82, 2.24) is 0 Å². The maximum atomic E-state index is 5.70. The summed E-state index contributed by atoms with van der Waals surface area (Å²) in [6.07, 6.45) is 13.0. The third kappa shape index (κ3) is 9.04. The maximum Gasteiger partial charge on any atom is 0.157 e. The molecule has 0 amide bonds. The molecule has 0 aliphatic carbocycles. The van der Waals surface area contributed by atoms with Crippen molar-refractivity contribution in [1.29, 1.82) is 0 Å². The third-order valence-electron chi connectivity index (χ3n) is 3.22. The van der Waals surface area contributed by atoms with Crippen LogP contribution in [0, 0.1) is 0 Å². The molecule has 0 unspecified atom stereocenters. The highest BCUT2D eigenvalue weighted by molar-refractivity contribution is 9.09. The average Bonchev–Trinajstić information content (AvgIpc) is 2.38. The Morgan fingerprint density at radius 2 is 1.65 bits per heavy atom. The van der Waals surface area contributed by atoms with Crippen LogP contribution in [0.1, 0.15) is 64.2 Å². The average molecular weight is 307 g/mol. The lowest BCUT2D eigenvalue weighted by Gasteiger charge is -2.22. The summed E-state index contributed by atoms with van der Waals surface area (Å²) < 4.78 is 11.2. The van der Waals surface area contributed by atoms with E-state index in [-0.39, 0.29) is 6.29 Å². The number of hydrogen-bond acceptors (Lipinski definition) is 2. The van der Waals surface area contributed by atoms with E-state index in [9.17, 15) is 0 Å². The van der Waals surface area contributed by atoms with Gasteiger partial charge in [-0.3, -0.25) is 0 Å². The molecule has 0 aromatic carbocycles. The molecule has 0 aromatic rings. The quantitative estimate of drug-likeness (QED) is 0.432. The molecular formula is C14H27BrO2. The Morgan fingerprint density at radius 1 is 0.941 bits per heavy atom. The highest BCUT2D eigenvalue weighted by Gasteiger charge is 2.13. The molecule has 0 N–H and O–H groups in total. The Bertz CT molecular complexity index is 158. The summed E-state index contributed by atoms with van der Waals surface area (Å²) in [6, 6.07) is 0. The van der Waals surface area contributed by atoms with Crippen LogP contribution in [0.15, 0.2) is 0 Å². The molecule has 1 atom stereocenters. The lowest BCUT2D eigenvalue weighted by Crippen LogP contribution is -2.22. The molecule has 1 aliphatic heterocycles. The molecule has 0 spiro atoms. The number of halogens is 1. The summed E-state index contributed by atoms with van der Waals surface area (Å²) in [5.41, 5.74) is 0. The van der Waals surface area contributed by atoms with Gasteiger partial charge >= 0.3 is 0 Å². The van der Waals surface area contributed by atoms with Crippen LogP contribution in [0.4, 0.5) is 0 Å². The van der Waals surface area contributed by atoms with Gasteiger partial charge in [0.15, 0.2) is 6.29 Å². The van der Waals surface area contributed by atoms with Gasteiger partial charge in [-0.2, -0.15) is 0 Å². The molecule has 1 fully saturated rings. The van der Waals surface area contributed by atoms with Gasteiger partial charge in [-0.1, -0.05) is 48.0 Å². The molecular weight excluding hydrogens is 280 g/mol. The van der Waals surface area contributed by atoms with E-state index in [0.717, 1.165) is 25.0 Å². The fourth-order valence-corrected chi connectivity index (χ4v) is 2.53. The van der Waals surface area contributed by atoms with Gasteiger partial charge in [-0.25, -0.2) is 0 Å². The van der Waals surface area contributed by atoms with Gasteiger partial charge in [0.1, 0.15) is 0 Å². The summed E-state index contributed by atoms with van der Waals surface area (Å²) in [7, 11) is 0. The fraction of sp³-hybridized carbons (Fsp3) is 1.00. The molecule has 0 radical (unpaired) electrons. The monoisotopic (exact) mass is 306 g/mol. The Morgan fingerprint density at radius 3 is 2.29 bits per heavy atom. The maximum absolute atomic E-state index is 5.70. The molecule has 3 heteroatoms. The molecule has 1 saturated heterocycles. The summed E-state index contributed by atoms with van der Waals surface area (Å²) in [5.74, 6) is 0. The second-order valence-corrected chi connectivity index (χ2v) is 5.62. The van der Waals surface area contributed by atoms with Gasteiger partial charge in [0.2, 0.25) is 0 Å². The minimum atomic E-state index is 0.0997. The molecule has 1 rings (SSSR count). The van der Waals surface area contributed by atoms with Crippen molar-refractivity contribution in [3.8, 4) is 0 Å². The molecule has 0 bridgehead atoms. The zero-order chi connectivity index (χ0) is 12.2. The summed E-state index contributed by atoms with van der Waals surface area (Å²) in [4.78, 5) is 0. The minimum absolute atomic E-state index is 0.0997. The first-order valence-electron chi connectivity index (χ1n) is 7.22. The van der Waals surface area contributed by atoms with Gasteiger partial charge in [0, 0.05) is 18.5 Å². The van der Waals surface area contributed by atoms with Gasteiger partial charge in [-0.05, 0) is 32.1 Å². The molecule has 0 aromatic heterocycles. The predicted molar refractivity (Wildman–Crippen MR) is 75.7 cm³/mol. The van der Waals surface area contributed by atoms with E-state index >= 15 is 0 Å². The second-order valence-electron chi connectivity index (χ2n) is 4.83. The van der Waals surface area contributed by atoms with Crippen molar-refractivity contribution in [3.63, 3.8) is 0 Å². The molecule has 102 valence electrons. The lowest BCUT2D eigenvalue weighted by atomic mass is 10.1. The standard InChI is InChI=1S/C14H27BrO2/c15-11-7-4-2-1-3-5-8-12-16-14-10-6-9-13-17-14/h14H,1-13H2/t14-/m1/s1. The van der Waals surface area contributed by atoms with E-state index in [1.54, 1.807) is 0 Å². The van der Waals surface area contributed by atoms with Crippen LogP contribution in [0.2, 0.25) is 0 Å². The largest absolute Gasteiger partial charge is 0.353 e. The van der Waals surface area contributed by atoms with Gasteiger partial charge in [0.05, 0.1) is 0 Å². The Hall–Kier alpha value is 0.400. The zero-order valence-corrected chi connectivity index (χ0v) is 12.6. The molecule has 17 heavy (non-hydrogen) atoms. The van der Waals surface area contributed by atoms with E-state index < -0.39 is 0 Å². The van der Waals surface area contributed by atoms with Gasteiger partial charge < -0.3 is 9.47 Å². The van der Waals surface area contributed by atoms with E-state index in [1.807, 2.05) is 0 Å². The molecule has 1 heterocycles. The highest BCUT2D eigenvalue weighted by Crippen LogP contribution is 2.14. The van der Waals surface area contributed by atoms with Crippen LogP contribution in [0.25, 0.3) is 0 Å². The van der Waals surface area contributed by atoms with E-state index in [1.165, 1.54) is 57.8 Å². The van der Waals surface area contributed by atoms with Crippen molar-refractivity contribution in [3.05, 3.63) is 0 Å². The van der Waals surface area contributed by atoms with E-state index in [4.69, 9.17) is 9.47 Å². The van der Waals surface area contributed by atoms with Crippen LogP contribution in [0.5, 0.6) is 0 Å². The van der Waals surface area contributed by atoms with Crippen molar-refractivity contribution in [2.24, 2.45) is 0 Å². The zero-order valence-electron chi connectivity index (χ0n) is 11.0. The number of unbranched alkanes of at least 4 members (excludes halogenated alkanes) is 6. The second kappa shape index (κ2) is 11.5. The van der Waals surface area contributed by atoms with Crippen LogP contribution in [-0.2, 0) is 9.47 Å².